The van der Waals surface area contributed by atoms with Crippen LogP contribution in [0.25, 0.3) is 0 Å². The lowest BCUT2D eigenvalue weighted by atomic mass is 10.2. The van der Waals surface area contributed by atoms with Gasteiger partial charge in [-0.2, -0.15) is 0 Å². The number of nitrogens with one attached hydrogen (secondary N) is 1. The van der Waals surface area contributed by atoms with Gasteiger partial charge in [-0.1, -0.05) is 0 Å². The second-order valence-electron chi connectivity index (χ2n) is 3.25. The molecule has 1 aliphatic heterocycles. The highest BCUT2D eigenvalue weighted by atomic mass is 79.9. The minimum atomic E-state index is -0.691. The molecule has 0 bridgehead atoms. The molecule has 1 fully saturated rings. The van der Waals surface area contributed by atoms with E-state index in [0.717, 1.165) is 13.1 Å². The molecule has 1 aliphatic carbocycles. The number of fused-ring (bicyclic) bond motifs is 3. The maximum absolute atomic E-state index is 11.9. The number of carbonyl (C=O) groups is 2. The Morgan fingerprint density at radius 3 is 2.73 bits per heavy atom. The molecule has 1 aromatic heterocycles. The number of Topliss-reactive ketones (excluding diaryl/α,β-unsaturated/α-hetero) is 1. The summed E-state index contributed by atoms with van der Waals surface area (Å²) in [6, 6.07) is -0.336. The zero-order valence-electron chi connectivity index (χ0n) is 7.04. The first kappa shape index (κ1) is 9.80. The van der Waals surface area contributed by atoms with Crippen molar-refractivity contribution >= 4 is 55.1 Å². The van der Waals surface area contributed by atoms with Gasteiger partial charge in [0.2, 0.25) is 5.78 Å². The smallest absolute Gasteiger partial charge is 0.408 e. The molecule has 1 N–H and O–H groups in total. The van der Waals surface area contributed by atoms with Crippen LogP contribution in [0.1, 0.15) is 22.0 Å². The molecule has 0 aromatic carbocycles. The Labute approximate surface area is 105 Å². The molecule has 0 radical (unpaired) electrons. The van der Waals surface area contributed by atoms with Gasteiger partial charge in [0, 0.05) is 5.56 Å². The summed E-state index contributed by atoms with van der Waals surface area (Å²) in [5, 5.41) is 2.63. The van der Waals surface area contributed by atoms with Crippen LogP contribution in [0.2, 0.25) is 0 Å². The SMILES string of the molecule is O=C1N[C@H]2c3c(Br)sc(Br)c3C(=O)[C@@H]2O1. The van der Waals surface area contributed by atoms with Gasteiger partial charge >= 0.3 is 6.09 Å². The fraction of sp³-hybridized carbons (Fsp3) is 0.250. The quantitative estimate of drug-likeness (QED) is 0.780. The third-order valence-electron chi connectivity index (χ3n) is 2.48. The highest BCUT2D eigenvalue weighted by Gasteiger charge is 2.51. The number of hydrogen-bond donors (Lipinski definition) is 1. The van der Waals surface area contributed by atoms with Gasteiger partial charge in [0.25, 0.3) is 0 Å². The Balaban J connectivity index is 2.21. The van der Waals surface area contributed by atoms with Gasteiger partial charge in [-0.25, -0.2) is 4.79 Å². The van der Waals surface area contributed by atoms with Crippen molar-refractivity contribution in [3.8, 4) is 0 Å². The van der Waals surface area contributed by atoms with Crippen molar-refractivity contribution in [2.45, 2.75) is 12.1 Å². The second kappa shape index (κ2) is 3.05. The van der Waals surface area contributed by atoms with Crippen LogP contribution >= 0.6 is 43.2 Å². The molecular weight excluding hydrogens is 350 g/mol. The van der Waals surface area contributed by atoms with Gasteiger partial charge in [-0.3, -0.25) is 4.79 Å². The zero-order valence-corrected chi connectivity index (χ0v) is 11.0. The monoisotopic (exact) mass is 351 g/mol. The van der Waals surface area contributed by atoms with Crippen LogP contribution in [-0.4, -0.2) is 18.0 Å². The summed E-state index contributed by atoms with van der Waals surface area (Å²) >= 11 is 8.14. The van der Waals surface area contributed by atoms with Crippen molar-refractivity contribution in [3.05, 3.63) is 18.7 Å². The molecule has 3 rings (SSSR count). The van der Waals surface area contributed by atoms with E-state index in [1.807, 2.05) is 0 Å². The van der Waals surface area contributed by atoms with E-state index in [-0.39, 0.29) is 11.8 Å². The van der Waals surface area contributed by atoms with E-state index in [4.69, 9.17) is 4.74 Å². The molecule has 0 unspecified atom stereocenters. The fourth-order valence-electron chi connectivity index (χ4n) is 1.89. The third kappa shape index (κ3) is 1.17. The Hall–Kier alpha value is -0.400. The van der Waals surface area contributed by atoms with Gasteiger partial charge < -0.3 is 10.1 Å². The first-order valence-electron chi connectivity index (χ1n) is 4.08. The van der Waals surface area contributed by atoms with Crippen molar-refractivity contribution in [1.82, 2.24) is 5.32 Å². The average Bonchev–Trinajstić information content (AvgIpc) is 2.71. The van der Waals surface area contributed by atoms with Crippen molar-refractivity contribution < 1.29 is 14.3 Å². The molecule has 2 atom stereocenters. The van der Waals surface area contributed by atoms with E-state index in [9.17, 15) is 9.59 Å². The number of halogens is 2. The summed E-state index contributed by atoms with van der Waals surface area (Å²) < 4.78 is 6.55. The molecule has 2 aliphatic rings. The Kier molecular flexibility index (Phi) is 1.99. The summed E-state index contributed by atoms with van der Waals surface area (Å²) in [6.07, 6.45) is -1.22. The maximum Gasteiger partial charge on any atom is 0.408 e. The number of hydrogen-bond acceptors (Lipinski definition) is 4. The number of thiophene rings is 1. The molecule has 15 heavy (non-hydrogen) atoms. The minimum absolute atomic E-state index is 0.137. The Morgan fingerprint density at radius 2 is 2.00 bits per heavy atom. The molecule has 4 nitrogen and oxygen atoms in total. The molecule has 2 heterocycles. The van der Waals surface area contributed by atoms with Crippen molar-refractivity contribution in [1.29, 1.82) is 0 Å². The first-order valence-corrected chi connectivity index (χ1v) is 6.49. The van der Waals surface area contributed by atoms with Crippen LogP contribution in [-0.2, 0) is 4.74 Å². The molecule has 0 saturated carbocycles. The first-order chi connectivity index (χ1) is 7.09. The van der Waals surface area contributed by atoms with Crippen LogP contribution < -0.4 is 5.32 Å². The zero-order chi connectivity index (χ0) is 10.7. The van der Waals surface area contributed by atoms with E-state index in [1.165, 1.54) is 11.3 Å². The lowest BCUT2D eigenvalue weighted by molar-refractivity contribution is 0.0752. The van der Waals surface area contributed by atoms with Crippen LogP contribution in [0.5, 0.6) is 0 Å². The number of amides is 1. The number of carbonyl (C=O) groups excluding carboxylic acids is 2. The van der Waals surface area contributed by atoms with Gasteiger partial charge in [0.05, 0.1) is 13.1 Å². The molecular formula is C8H3Br2NO3S. The summed E-state index contributed by atoms with van der Waals surface area (Å²) in [5.41, 5.74) is 1.45. The number of rotatable bonds is 0. The third-order valence-corrected chi connectivity index (χ3v) is 5.06. The highest BCUT2D eigenvalue weighted by molar-refractivity contribution is 9.12. The van der Waals surface area contributed by atoms with E-state index >= 15 is 0 Å². The van der Waals surface area contributed by atoms with Gasteiger partial charge in [0.15, 0.2) is 6.10 Å². The van der Waals surface area contributed by atoms with Crippen molar-refractivity contribution in [3.63, 3.8) is 0 Å². The Bertz CT molecular complexity index is 498. The predicted octanol–water partition coefficient (Wildman–Crippen LogP) is 2.62. The van der Waals surface area contributed by atoms with Crippen molar-refractivity contribution in [2.75, 3.05) is 0 Å². The largest absolute Gasteiger partial charge is 0.435 e. The molecule has 1 saturated heterocycles. The van der Waals surface area contributed by atoms with Crippen LogP contribution in [0.4, 0.5) is 4.79 Å². The van der Waals surface area contributed by atoms with Crippen LogP contribution in [0.3, 0.4) is 0 Å². The van der Waals surface area contributed by atoms with Gasteiger partial charge in [0.1, 0.15) is 6.04 Å². The van der Waals surface area contributed by atoms with E-state index in [0.29, 0.717) is 5.56 Å². The normalized spacial score (nSPS) is 27.3. The van der Waals surface area contributed by atoms with E-state index in [2.05, 4.69) is 37.2 Å². The summed E-state index contributed by atoms with van der Waals surface area (Å²) in [5.74, 6) is -0.137. The molecule has 1 amide bonds. The van der Waals surface area contributed by atoms with Crippen molar-refractivity contribution in [2.24, 2.45) is 0 Å². The highest BCUT2D eigenvalue weighted by Crippen LogP contribution is 2.48. The lowest BCUT2D eigenvalue weighted by Gasteiger charge is -2.04. The van der Waals surface area contributed by atoms with Gasteiger partial charge in [-0.15, -0.1) is 11.3 Å². The second-order valence-corrected chi connectivity index (χ2v) is 6.91. The number of alkyl carbamates (subject to hydrolysis) is 1. The molecule has 7 heteroatoms. The topological polar surface area (TPSA) is 55.4 Å². The number of ether oxygens (including phenoxy) is 1. The summed E-state index contributed by atoms with van der Waals surface area (Å²) in [7, 11) is 0. The van der Waals surface area contributed by atoms with Crippen LogP contribution in [0.15, 0.2) is 7.57 Å². The minimum Gasteiger partial charge on any atom is -0.435 e. The summed E-state index contributed by atoms with van der Waals surface area (Å²) in [6.45, 7) is 0. The molecule has 1 aromatic rings. The maximum atomic E-state index is 11.9. The fourth-order valence-corrected chi connectivity index (χ4v) is 5.17. The average molecular weight is 353 g/mol. The Morgan fingerprint density at radius 1 is 1.27 bits per heavy atom. The van der Waals surface area contributed by atoms with Gasteiger partial charge in [-0.05, 0) is 31.9 Å². The van der Waals surface area contributed by atoms with E-state index < -0.39 is 12.2 Å². The summed E-state index contributed by atoms with van der Waals surface area (Å²) in [4.78, 5) is 22.9. The number of ketones is 1. The van der Waals surface area contributed by atoms with Crippen LogP contribution in [0, 0.1) is 0 Å². The lowest BCUT2D eigenvalue weighted by Crippen LogP contribution is -2.21. The molecule has 78 valence electrons. The predicted molar refractivity (Wildman–Crippen MR) is 60.2 cm³/mol. The van der Waals surface area contributed by atoms with E-state index in [1.54, 1.807) is 0 Å². The molecule has 0 spiro atoms. The standard InChI is InChI=1S/C8H3Br2NO3S/c9-6-1-2(7(10)15-6)4(12)5-3(1)11-8(13)14-5/h3,5H,(H,11,13)/t3-,5+/m0/s1.